The number of nitrogens with zero attached hydrogens (tertiary/aromatic N) is 6. The Morgan fingerprint density at radius 1 is 1.03 bits per heavy atom. The van der Waals surface area contributed by atoms with Gasteiger partial charge in [-0.1, -0.05) is 35.4 Å². The maximum absolute atomic E-state index is 13.2. The van der Waals surface area contributed by atoms with Crippen LogP contribution in [0.4, 0.5) is 10.7 Å². The van der Waals surface area contributed by atoms with E-state index >= 15 is 0 Å². The molecule has 1 aromatic heterocycles. The fourth-order valence-corrected chi connectivity index (χ4v) is 4.48. The van der Waals surface area contributed by atoms with Gasteiger partial charge < -0.3 is 9.64 Å². The summed E-state index contributed by atoms with van der Waals surface area (Å²) in [6, 6.07) is 16.7. The lowest BCUT2D eigenvalue weighted by Crippen LogP contribution is -2.59. The average molecular weight is 446 g/mol. The number of amides is 3. The minimum atomic E-state index is -0.629. The number of carbonyl (C=O) groups is 2. The van der Waals surface area contributed by atoms with Crippen LogP contribution in [0.3, 0.4) is 0 Å². The number of carbonyl (C=O) groups excluding carboxylic acids is 2. The molecule has 5 rings (SSSR count). The third kappa shape index (κ3) is 3.36. The van der Waals surface area contributed by atoms with Crippen LogP contribution < -0.4 is 9.64 Å². The monoisotopic (exact) mass is 445 g/mol. The van der Waals surface area contributed by atoms with Crippen molar-refractivity contribution >= 4 is 23.7 Å². The predicted octanol–water partition coefficient (Wildman–Crippen LogP) is 2.26. The lowest BCUT2D eigenvalue weighted by molar-refractivity contribution is -0.407. The normalized spacial score (nSPS) is 17.5. The van der Waals surface area contributed by atoms with Gasteiger partial charge in [0.15, 0.2) is 0 Å². The first-order valence-electron chi connectivity index (χ1n) is 10.8. The molecule has 9 nitrogen and oxygen atoms in total. The Morgan fingerprint density at radius 3 is 2.45 bits per heavy atom. The van der Waals surface area contributed by atoms with Crippen LogP contribution in [0.2, 0.25) is 0 Å². The molecule has 33 heavy (non-hydrogen) atoms. The summed E-state index contributed by atoms with van der Waals surface area (Å²) in [5.41, 5.74) is 2.06. The second-order valence-electron chi connectivity index (χ2n) is 8.17. The van der Waals surface area contributed by atoms with Gasteiger partial charge in [-0.2, -0.15) is 9.47 Å². The third-order valence-electron chi connectivity index (χ3n) is 6.23. The van der Waals surface area contributed by atoms with E-state index in [0.29, 0.717) is 24.2 Å². The highest BCUT2D eigenvalue weighted by atomic mass is 16.5. The molecule has 2 aromatic carbocycles. The van der Waals surface area contributed by atoms with Gasteiger partial charge >= 0.3 is 11.9 Å². The molecular weight excluding hydrogens is 420 g/mol. The first-order valence-corrected chi connectivity index (χ1v) is 10.8. The van der Waals surface area contributed by atoms with Gasteiger partial charge in [-0.15, -0.1) is 5.10 Å². The number of urea groups is 1. The first kappa shape index (κ1) is 20.9. The predicted molar refractivity (Wildman–Crippen MR) is 123 cm³/mol. The summed E-state index contributed by atoms with van der Waals surface area (Å²) >= 11 is 0. The fourth-order valence-electron chi connectivity index (χ4n) is 4.48. The Bertz CT molecular complexity index is 1250. The van der Waals surface area contributed by atoms with Gasteiger partial charge in [0.25, 0.3) is 5.95 Å². The molecule has 2 aliphatic rings. The van der Waals surface area contributed by atoms with Crippen molar-refractivity contribution in [1.29, 1.82) is 0 Å². The molecule has 3 amide bonds. The number of methoxy groups -OCH3 is 1. The number of rotatable bonds is 6. The van der Waals surface area contributed by atoms with Crippen molar-refractivity contribution in [3.8, 4) is 17.1 Å². The maximum Gasteiger partial charge on any atom is 0.445 e. The molecule has 1 unspecified atom stereocenters. The van der Waals surface area contributed by atoms with Crippen molar-refractivity contribution in [2.45, 2.75) is 18.9 Å². The van der Waals surface area contributed by atoms with Gasteiger partial charge in [-0.05, 0) is 42.7 Å². The molecule has 0 aliphatic carbocycles. The van der Waals surface area contributed by atoms with Crippen molar-refractivity contribution < 1.29 is 18.9 Å². The summed E-state index contributed by atoms with van der Waals surface area (Å²) in [6.45, 7) is 0.603. The Kier molecular flexibility index (Phi) is 5.16. The second kappa shape index (κ2) is 8.16. The van der Waals surface area contributed by atoms with Crippen molar-refractivity contribution in [3.63, 3.8) is 0 Å². The van der Waals surface area contributed by atoms with Gasteiger partial charge in [-0.3, -0.25) is 4.79 Å². The summed E-state index contributed by atoms with van der Waals surface area (Å²) in [4.78, 5) is 29.1. The van der Waals surface area contributed by atoms with Crippen LogP contribution in [0.25, 0.3) is 11.4 Å². The quantitative estimate of drug-likeness (QED) is 0.542. The number of aryl methyl sites for hydroxylation is 1. The van der Waals surface area contributed by atoms with E-state index in [1.54, 1.807) is 14.2 Å². The first-order chi connectivity index (χ1) is 16.0. The van der Waals surface area contributed by atoms with Gasteiger partial charge in [0.05, 0.1) is 21.2 Å². The molecule has 3 heterocycles. The fraction of sp³-hybridized carbons (Fsp3) is 0.292. The molecule has 0 fully saturated rings. The smallest absolute Gasteiger partial charge is 0.445 e. The molecule has 0 spiro atoms. The van der Waals surface area contributed by atoms with E-state index in [4.69, 9.17) is 4.74 Å². The summed E-state index contributed by atoms with van der Waals surface area (Å²) in [7, 11) is 4.81. The zero-order valence-electron chi connectivity index (χ0n) is 18.8. The van der Waals surface area contributed by atoms with Crippen LogP contribution in [0, 0.1) is 0 Å². The maximum atomic E-state index is 13.2. The highest BCUT2D eigenvalue weighted by Gasteiger charge is 2.55. The van der Waals surface area contributed by atoms with E-state index in [9.17, 15) is 9.59 Å². The lowest BCUT2D eigenvalue weighted by Gasteiger charge is -2.27. The van der Waals surface area contributed by atoms with Gasteiger partial charge in [0, 0.05) is 12.1 Å². The van der Waals surface area contributed by atoms with E-state index < -0.39 is 6.04 Å². The minimum absolute atomic E-state index is 0.265. The number of likely N-dealkylation sites (N-methyl/N-ethyl adjacent to an activating group) is 1. The number of ether oxygens (including phenoxy) is 1. The van der Waals surface area contributed by atoms with Crippen molar-refractivity contribution in [2.24, 2.45) is 0 Å². The largest absolute Gasteiger partial charge is 0.497 e. The van der Waals surface area contributed by atoms with Crippen molar-refractivity contribution in [2.75, 3.05) is 32.6 Å². The zero-order chi connectivity index (χ0) is 23.1. The topological polar surface area (TPSA) is 83.6 Å². The molecular formula is C24H25N6O3+. The summed E-state index contributed by atoms with van der Waals surface area (Å²) in [5.74, 6) is 2.18. The number of hydrogen-bond donors (Lipinski definition) is 0. The van der Waals surface area contributed by atoms with Crippen LogP contribution in [-0.4, -0.2) is 75.8 Å². The van der Waals surface area contributed by atoms with E-state index in [1.165, 1.54) is 22.1 Å². The van der Waals surface area contributed by atoms with E-state index in [1.807, 2.05) is 51.9 Å². The van der Waals surface area contributed by atoms with E-state index in [0.717, 1.165) is 24.2 Å². The summed E-state index contributed by atoms with van der Waals surface area (Å²) in [5, 5.41) is 8.87. The molecule has 0 bridgehead atoms. The molecule has 168 valence electrons. The van der Waals surface area contributed by atoms with Gasteiger partial charge in [0.2, 0.25) is 17.7 Å². The number of imide groups is 1. The highest BCUT2D eigenvalue weighted by Crippen LogP contribution is 2.33. The molecule has 3 aromatic rings. The number of hydrogen-bond acceptors (Lipinski definition) is 6. The average Bonchev–Trinajstić information content (AvgIpc) is 3.41. The minimum Gasteiger partial charge on any atom is -0.497 e. The molecule has 2 aliphatic heterocycles. The second-order valence-corrected chi connectivity index (χ2v) is 8.17. The summed E-state index contributed by atoms with van der Waals surface area (Å²) < 4.78 is 8.61. The van der Waals surface area contributed by atoms with Crippen molar-refractivity contribution in [1.82, 2.24) is 19.7 Å². The zero-order valence-corrected chi connectivity index (χ0v) is 18.8. The van der Waals surface area contributed by atoms with E-state index in [2.05, 4.69) is 22.3 Å². The van der Waals surface area contributed by atoms with Crippen LogP contribution >= 0.6 is 0 Å². The molecule has 9 heteroatoms. The molecule has 0 N–H and O–H groups in total. The Hall–Kier alpha value is -4.01. The third-order valence-corrected chi connectivity index (χ3v) is 6.23. The lowest BCUT2D eigenvalue weighted by atomic mass is 10.1. The highest BCUT2D eigenvalue weighted by molar-refractivity contribution is 6.18. The molecule has 1 atom stereocenters. The Morgan fingerprint density at radius 2 is 1.76 bits per heavy atom. The van der Waals surface area contributed by atoms with Crippen molar-refractivity contribution in [3.05, 3.63) is 60.2 Å². The van der Waals surface area contributed by atoms with Crippen LogP contribution in [0.5, 0.6) is 5.75 Å². The van der Waals surface area contributed by atoms with Gasteiger partial charge in [-0.25, -0.2) is 9.37 Å². The number of benzene rings is 2. The Balaban J connectivity index is 1.55. The standard InChI is InChI=1S/C24H25N6O3/c1-27-21-19(22(31)28(2)24(27)32)29(15-7-10-16-8-5-4-6-9-16)23-26-25-20(30(21)23)17-11-13-18(33-3)14-12-17/h4-6,8-9,11-14,19H,7,10,15H2,1-3H3/q+1. The SMILES string of the molecule is COc1ccc(-c2nnc3n2C2=[N+](C)C(=O)N(C)C(=O)C2N3CCCc2ccccc2)cc1. The molecule has 0 radical (unpaired) electrons. The van der Waals surface area contributed by atoms with E-state index in [-0.39, 0.29) is 11.9 Å². The molecule has 0 saturated heterocycles. The number of fused-ring (bicyclic) bond motifs is 3. The summed E-state index contributed by atoms with van der Waals surface area (Å²) in [6.07, 6.45) is 1.70. The molecule has 0 saturated carbocycles. The van der Waals surface area contributed by atoms with Gasteiger partial charge in [0.1, 0.15) is 5.75 Å². The number of anilines is 1. The van der Waals surface area contributed by atoms with Crippen LogP contribution in [0.15, 0.2) is 54.6 Å². The van der Waals surface area contributed by atoms with Crippen LogP contribution in [-0.2, 0) is 11.2 Å². The number of aromatic nitrogens is 3. The Labute approximate surface area is 191 Å². The van der Waals surface area contributed by atoms with Crippen LogP contribution in [0.1, 0.15) is 12.0 Å².